The first-order valence-electron chi connectivity index (χ1n) is 7.90. The molecule has 1 aliphatic heterocycles. The molecule has 0 spiro atoms. The van der Waals surface area contributed by atoms with Gasteiger partial charge in [0.25, 0.3) is 0 Å². The van der Waals surface area contributed by atoms with Crippen LogP contribution in [-0.4, -0.2) is 24.5 Å². The van der Waals surface area contributed by atoms with Crippen LogP contribution in [0.5, 0.6) is 0 Å². The van der Waals surface area contributed by atoms with Crippen LogP contribution in [0.4, 0.5) is 11.4 Å². The van der Waals surface area contributed by atoms with Crippen molar-refractivity contribution >= 4 is 21.4 Å². The van der Waals surface area contributed by atoms with E-state index in [4.69, 9.17) is 0 Å². The second kappa shape index (κ2) is 5.63. The highest BCUT2D eigenvalue weighted by molar-refractivity contribution is 7.92. The van der Waals surface area contributed by atoms with Gasteiger partial charge in [-0.3, -0.25) is 4.72 Å². The predicted molar refractivity (Wildman–Crippen MR) is 99.1 cm³/mol. The van der Waals surface area contributed by atoms with Gasteiger partial charge in [-0.2, -0.15) is 5.10 Å². The van der Waals surface area contributed by atoms with Gasteiger partial charge in [0.2, 0.25) is 10.0 Å². The minimum absolute atomic E-state index is 0.208. The topological polar surface area (TPSA) is 76.0 Å². The lowest BCUT2D eigenvalue weighted by Gasteiger charge is -2.29. The molecule has 0 radical (unpaired) electrons. The Morgan fingerprint density at radius 1 is 1.12 bits per heavy atom. The van der Waals surface area contributed by atoms with E-state index < -0.39 is 10.0 Å². The minimum atomic E-state index is -3.32. The van der Waals surface area contributed by atoms with Gasteiger partial charge in [0, 0.05) is 16.9 Å². The summed E-state index contributed by atoms with van der Waals surface area (Å²) in [6.45, 7) is 1.96. The summed E-state index contributed by atoms with van der Waals surface area (Å²) in [6.07, 6.45) is 0.934. The number of hydrogen-bond acceptors (Lipinski definition) is 4. The van der Waals surface area contributed by atoms with Gasteiger partial charge in [-0.15, -0.1) is 0 Å². The fourth-order valence-corrected chi connectivity index (χ4v) is 3.72. The summed E-state index contributed by atoms with van der Waals surface area (Å²) in [5.41, 5.74) is 5.56. The number of nitrogens with one attached hydrogen (secondary N) is 2. The summed E-state index contributed by atoms with van der Waals surface area (Å²) in [5.74, 6) is 0. The third kappa shape index (κ3) is 2.98. The van der Waals surface area contributed by atoms with Gasteiger partial charge in [0.05, 0.1) is 17.6 Å². The molecule has 0 saturated heterocycles. The lowest BCUT2D eigenvalue weighted by Crippen LogP contribution is -2.25. The standard InChI is InChI=1S/C18H18N4O2S/c1-12-10-17-15-8-3-4-9-16(15)19-18(22(17)20-12)13-6-5-7-14(11-13)21-25(2,23)24/h3-11,18-19,21H,1-2H3/t18-/m1/s1. The number of aromatic nitrogens is 2. The molecule has 2 N–H and O–H groups in total. The van der Waals surface area contributed by atoms with Gasteiger partial charge in [0.1, 0.15) is 6.17 Å². The van der Waals surface area contributed by atoms with Crippen molar-refractivity contribution in [3.8, 4) is 11.3 Å². The minimum Gasteiger partial charge on any atom is -0.359 e. The lowest BCUT2D eigenvalue weighted by atomic mass is 10.0. The molecule has 6 nitrogen and oxygen atoms in total. The molecule has 3 aromatic rings. The average molecular weight is 354 g/mol. The summed E-state index contributed by atoms with van der Waals surface area (Å²) in [5, 5.41) is 8.12. The number of rotatable bonds is 3. The van der Waals surface area contributed by atoms with Gasteiger partial charge in [-0.05, 0) is 36.8 Å². The number of para-hydroxylation sites is 1. The molecule has 128 valence electrons. The predicted octanol–water partition coefficient (Wildman–Crippen LogP) is 3.20. The van der Waals surface area contributed by atoms with E-state index in [1.165, 1.54) is 0 Å². The first-order valence-corrected chi connectivity index (χ1v) is 9.80. The summed E-state index contributed by atoms with van der Waals surface area (Å²) in [4.78, 5) is 0. The van der Waals surface area contributed by atoms with E-state index in [0.717, 1.165) is 34.5 Å². The first-order chi connectivity index (χ1) is 11.9. The zero-order chi connectivity index (χ0) is 17.6. The maximum absolute atomic E-state index is 11.5. The second-order valence-corrected chi connectivity index (χ2v) is 7.96. The average Bonchev–Trinajstić information content (AvgIpc) is 2.94. The largest absolute Gasteiger partial charge is 0.359 e. The molecule has 2 heterocycles. The summed E-state index contributed by atoms with van der Waals surface area (Å²) in [6, 6.07) is 17.5. The van der Waals surface area contributed by atoms with Crippen LogP contribution in [0.25, 0.3) is 11.3 Å². The Kier molecular flexibility index (Phi) is 3.54. The number of benzene rings is 2. The Bertz CT molecular complexity index is 1060. The highest BCUT2D eigenvalue weighted by atomic mass is 32.2. The molecular weight excluding hydrogens is 336 g/mol. The molecule has 0 fully saturated rings. The first kappa shape index (κ1) is 15.7. The molecule has 25 heavy (non-hydrogen) atoms. The van der Waals surface area contributed by atoms with Crippen molar-refractivity contribution in [2.75, 3.05) is 16.3 Å². The third-order valence-corrected chi connectivity index (χ3v) is 4.71. The van der Waals surface area contributed by atoms with Crippen molar-refractivity contribution in [2.45, 2.75) is 13.1 Å². The maximum atomic E-state index is 11.5. The van der Waals surface area contributed by atoms with Crippen LogP contribution in [0.2, 0.25) is 0 Å². The van der Waals surface area contributed by atoms with Crippen LogP contribution in [0, 0.1) is 6.92 Å². The van der Waals surface area contributed by atoms with Gasteiger partial charge < -0.3 is 5.32 Å². The molecule has 2 aromatic carbocycles. The third-order valence-electron chi connectivity index (χ3n) is 4.10. The molecule has 7 heteroatoms. The molecule has 0 unspecified atom stereocenters. The Balaban J connectivity index is 1.81. The molecule has 0 aliphatic carbocycles. The molecule has 0 amide bonds. The smallest absolute Gasteiger partial charge is 0.229 e. The number of nitrogens with zero attached hydrogens (tertiary/aromatic N) is 2. The number of fused-ring (bicyclic) bond motifs is 3. The molecule has 0 saturated carbocycles. The highest BCUT2D eigenvalue weighted by Gasteiger charge is 2.26. The Labute approximate surface area is 146 Å². The zero-order valence-electron chi connectivity index (χ0n) is 13.9. The second-order valence-electron chi connectivity index (χ2n) is 6.21. The van der Waals surface area contributed by atoms with Crippen LogP contribution in [0.3, 0.4) is 0 Å². The number of anilines is 2. The van der Waals surface area contributed by atoms with E-state index in [1.54, 1.807) is 6.07 Å². The van der Waals surface area contributed by atoms with Crippen molar-refractivity contribution in [2.24, 2.45) is 0 Å². The Morgan fingerprint density at radius 2 is 1.92 bits per heavy atom. The lowest BCUT2D eigenvalue weighted by molar-refractivity contribution is 0.571. The van der Waals surface area contributed by atoms with E-state index in [2.05, 4.69) is 27.3 Å². The van der Waals surface area contributed by atoms with Crippen molar-refractivity contribution < 1.29 is 8.42 Å². The number of hydrogen-bond donors (Lipinski definition) is 2. The van der Waals surface area contributed by atoms with E-state index in [-0.39, 0.29) is 6.17 Å². The molecule has 1 aromatic heterocycles. The van der Waals surface area contributed by atoms with Gasteiger partial charge in [0.15, 0.2) is 0 Å². The molecule has 1 atom stereocenters. The van der Waals surface area contributed by atoms with Crippen LogP contribution in [0.1, 0.15) is 17.4 Å². The van der Waals surface area contributed by atoms with Crippen LogP contribution in [0.15, 0.2) is 54.6 Å². The fourth-order valence-electron chi connectivity index (χ4n) is 3.17. The summed E-state index contributed by atoms with van der Waals surface area (Å²) < 4.78 is 27.5. The van der Waals surface area contributed by atoms with Crippen LogP contribution in [-0.2, 0) is 10.0 Å². The van der Waals surface area contributed by atoms with Gasteiger partial charge in [-0.1, -0.05) is 30.3 Å². The highest BCUT2D eigenvalue weighted by Crippen LogP contribution is 2.38. The number of sulfonamides is 1. The zero-order valence-corrected chi connectivity index (χ0v) is 14.7. The normalized spacial score (nSPS) is 15.8. The van der Waals surface area contributed by atoms with E-state index in [1.807, 2.05) is 48.0 Å². The van der Waals surface area contributed by atoms with Crippen molar-refractivity contribution in [1.29, 1.82) is 0 Å². The summed E-state index contributed by atoms with van der Waals surface area (Å²) in [7, 11) is -3.32. The van der Waals surface area contributed by atoms with Crippen molar-refractivity contribution in [3.63, 3.8) is 0 Å². The van der Waals surface area contributed by atoms with Crippen LogP contribution >= 0.6 is 0 Å². The maximum Gasteiger partial charge on any atom is 0.229 e. The molecule has 4 rings (SSSR count). The fraction of sp³-hybridized carbons (Fsp3) is 0.167. The Morgan fingerprint density at radius 3 is 2.72 bits per heavy atom. The van der Waals surface area contributed by atoms with Gasteiger partial charge >= 0.3 is 0 Å². The van der Waals surface area contributed by atoms with E-state index in [0.29, 0.717) is 5.69 Å². The number of aryl methyl sites for hydroxylation is 1. The van der Waals surface area contributed by atoms with E-state index in [9.17, 15) is 8.42 Å². The van der Waals surface area contributed by atoms with Crippen molar-refractivity contribution in [1.82, 2.24) is 9.78 Å². The van der Waals surface area contributed by atoms with Gasteiger partial charge in [-0.25, -0.2) is 13.1 Å². The molecular formula is C18H18N4O2S. The monoisotopic (exact) mass is 354 g/mol. The quantitative estimate of drug-likeness (QED) is 0.757. The summed E-state index contributed by atoms with van der Waals surface area (Å²) >= 11 is 0. The molecule has 1 aliphatic rings. The molecule has 0 bridgehead atoms. The van der Waals surface area contributed by atoms with Crippen molar-refractivity contribution in [3.05, 3.63) is 65.9 Å². The van der Waals surface area contributed by atoms with Crippen LogP contribution < -0.4 is 10.0 Å². The van der Waals surface area contributed by atoms with E-state index >= 15 is 0 Å². The Hall–Kier alpha value is -2.80. The SMILES string of the molecule is Cc1cc2n(n1)[C@H](c1cccc(NS(C)(=O)=O)c1)Nc1ccccc1-2.